The van der Waals surface area contributed by atoms with E-state index in [1.54, 1.807) is 0 Å². The van der Waals surface area contributed by atoms with Crippen molar-refractivity contribution in [2.45, 2.75) is 91.1 Å². The molecule has 1 heterocycles. The predicted octanol–water partition coefficient (Wildman–Crippen LogP) is 7.53. The normalized spacial score (nSPS) is 11.8. The topological polar surface area (TPSA) is 48.4 Å². The van der Waals surface area contributed by atoms with Gasteiger partial charge in [0.15, 0.2) is 0 Å². The number of carbonyl (C=O) groups excluding carboxylic acids is 1. The van der Waals surface area contributed by atoms with Crippen LogP contribution in [0.3, 0.4) is 0 Å². The lowest BCUT2D eigenvalue weighted by Crippen LogP contribution is -2.18. The first-order valence-electron chi connectivity index (χ1n) is 13.2. The van der Waals surface area contributed by atoms with Crippen molar-refractivity contribution in [2.24, 2.45) is 0 Å². The Kier molecular flexibility index (Phi) is 9.72. The van der Waals surface area contributed by atoms with E-state index in [9.17, 15) is 4.79 Å². The fourth-order valence-corrected chi connectivity index (χ4v) is 5.53. The van der Waals surface area contributed by atoms with E-state index in [0.29, 0.717) is 6.42 Å². The van der Waals surface area contributed by atoms with Gasteiger partial charge in [-0.25, -0.2) is 0 Å². The summed E-state index contributed by atoms with van der Waals surface area (Å²) in [6.45, 7) is 13.4. The van der Waals surface area contributed by atoms with Gasteiger partial charge in [-0.2, -0.15) is 0 Å². The van der Waals surface area contributed by atoms with Gasteiger partial charge >= 0.3 is 5.97 Å². The van der Waals surface area contributed by atoms with Crippen LogP contribution in [0.15, 0.2) is 42.5 Å². The Morgan fingerprint density at radius 3 is 2.19 bits per heavy atom. The van der Waals surface area contributed by atoms with Gasteiger partial charge in [-0.1, -0.05) is 57.5 Å². The summed E-state index contributed by atoms with van der Waals surface area (Å²) in [6.07, 6.45) is 6.48. The van der Waals surface area contributed by atoms with E-state index in [1.807, 2.05) is 0 Å². The van der Waals surface area contributed by atoms with Crippen LogP contribution in [-0.2, 0) is 34.2 Å². The number of aromatic nitrogens is 1. The summed E-state index contributed by atoms with van der Waals surface area (Å²) < 4.78 is 11.0. The molecule has 2 aromatic carbocycles. The predicted molar refractivity (Wildman–Crippen MR) is 151 cm³/mol. The number of hydrogen-bond acceptors (Lipinski definition) is 4. The number of benzene rings is 2. The van der Waals surface area contributed by atoms with Gasteiger partial charge < -0.3 is 9.16 Å². The van der Waals surface area contributed by atoms with Crippen LogP contribution in [0.1, 0.15) is 74.4 Å². The van der Waals surface area contributed by atoms with Crippen molar-refractivity contribution in [3.63, 3.8) is 0 Å². The SMILES string of the molecule is COC(=O)CCCCCc1ccc(CCc2nc3cccc(O[Si](C)C)c3c(C(C)(C)C)c2C)cc1. The molecule has 0 unspecified atom stereocenters. The lowest BCUT2D eigenvalue weighted by Gasteiger charge is -2.27. The van der Waals surface area contributed by atoms with Gasteiger partial charge in [0.05, 0.1) is 12.6 Å². The number of rotatable bonds is 11. The van der Waals surface area contributed by atoms with E-state index in [2.05, 4.69) is 83.3 Å². The van der Waals surface area contributed by atoms with E-state index in [0.717, 1.165) is 49.8 Å². The van der Waals surface area contributed by atoms with Crippen molar-refractivity contribution >= 4 is 25.9 Å². The van der Waals surface area contributed by atoms with Crippen LogP contribution in [0.25, 0.3) is 10.9 Å². The number of aryl methyl sites for hydroxylation is 3. The van der Waals surface area contributed by atoms with E-state index in [4.69, 9.17) is 14.1 Å². The molecule has 3 rings (SSSR count). The molecule has 1 radical (unpaired) electrons. The first-order valence-corrected chi connectivity index (χ1v) is 15.6. The third-order valence-electron chi connectivity index (χ3n) is 6.63. The van der Waals surface area contributed by atoms with Gasteiger partial charge in [0.25, 0.3) is 9.04 Å². The third-order valence-corrected chi connectivity index (χ3v) is 7.26. The van der Waals surface area contributed by atoms with Crippen LogP contribution < -0.4 is 4.43 Å². The highest BCUT2D eigenvalue weighted by Crippen LogP contribution is 2.39. The molecule has 0 aliphatic heterocycles. The van der Waals surface area contributed by atoms with E-state index < -0.39 is 9.04 Å². The van der Waals surface area contributed by atoms with Crippen molar-refractivity contribution < 1.29 is 14.0 Å². The molecule has 0 atom stereocenters. The molecule has 0 spiro atoms. The van der Waals surface area contributed by atoms with Crippen LogP contribution in [0.5, 0.6) is 5.75 Å². The standard InChI is InChI=1S/C31H42NO3Si/c1-22-25(21-20-24-18-16-23(17-19-24)12-9-8-10-15-28(33)34-5)32-26-13-11-14-27(35-36(6)7)29(26)30(22)31(2,3)4/h11,13-14,16-19H,8-10,12,15,20-21H2,1-7H3. The van der Waals surface area contributed by atoms with Gasteiger partial charge in [0.1, 0.15) is 5.75 Å². The molecule has 0 N–H and O–H groups in total. The second-order valence-corrected chi connectivity index (χ2v) is 12.9. The highest BCUT2D eigenvalue weighted by molar-refractivity contribution is 6.49. The average Bonchev–Trinajstić information content (AvgIpc) is 2.82. The fourth-order valence-electron chi connectivity index (χ4n) is 4.92. The molecule has 0 bridgehead atoms. The summed E-state index contributed by atoms with van der Waals surface area (Å²) in [4.78, 5) is 16.3. The summed E-state index contributed by atoms with van der Waals surface area (Å²) in [5.41, 5.74) is 7.53. The van der Waals surface area contributed by atoms with E-state index in [-0.39, 0.29) is 11.4 Å². The monoisotopic (exact) mass is 504 g/mol. The first-order chi connectivity index (χ1) is 17.1. The van der Waals surface area contributed by atoms with Crippen molar-refractivity contribution in [1.82, 2.24) is 4.98 Å². The summed E-state index contributed by atoms with van der Waals surface area (Å²) in [5.74, 6) is 0.856. The minimum Gasteiger partial charge on any atom is -0.542 e. The Balaban J connectivity index is 1.72. The maximum atomic E-state index is 11.2. The van der Waals surface area contributed by atoms with Crippen LogP contribution >= 0.6 is 0 Å². The second kappa shape index (κ2) is 12.5. The Morgan fingerprint density at radius 2 is 1.58 bits per heavy atom. The molecule has 36 heavy (non-hydrogen) atoms. The number of ether oxygens (including phenoxy) is 1. The number of unbranched alkanes of at least 4 members (excludes halogenated alkanes) is 2. The largest absolute Gasteiger partial charge is 0.542 e. The molecule has 0 saturated carbocycles. The first kappa shape index (κ1) is 27.9. The number of carbonyl (C=O) groups is 1. The number of fused-ring (bicyclic) bond motifs is 1. The molecule has 3 aromatic rings. The Hall–Kier alpha value is -2.66. The molecular formula is C31H42NO3Si. The van der Waals surface area contributed by atoms with Crippen molar-refractivity contribution in [1.29, 1.82) is 0 Å². The summed E-state index contributed by atoms with van der Waals surface area (Å²) in [6, 6.07) is 15.3. The van der Waals surface area contributed by atoms with Crippen LogP contribution in [0.4, 0.5) is 0 Å². The lowest BCUT2D eigenvalue weighted by atomic mass is 9.80. The number of methoxy groups -OCH3 is 1. The second-order valence-electron chi connectivity index (χ2n) is 10.9. The van der Waals surface area contributed by atoms with Crippen molar-refractivity contribution in [2.75, 3.05) is 7.11 Å². The number of hydrogen-bond donors (Lipinski definition) is 0. The van der Waals surface area contributed by atoms with Crippen LogP contribution in [-0.4, -0.2) is 27.1 Å². The van der Waals surface area contributed by atoms with Gasteiger partial charge in [-0.15, -0.1) is 0 Å². The highest BCUT2D eigenvalue weighted by atomic mass is 28.3. The summed E-state index contributed by atoms with van der Waals surface area (Å²) in [7, 11) is 0.578. The van der Waals surface area contributed by atoms with Crippen LogP contribution in [0, 0.1) is 6.92 Å². The molecule has 193 valence electrons. The highest BCUT2D eigenvalue weighted by Gasteiger charge is 2.25. The molecule has 0 saturated heterocycles. The van der Waals surface area contributed by atoms with Crippen molar-refractivity contribution in [3.05, 3.63) is 70.4 Å². The quantitative estimate of drug-likeness (QED) is 0.154. The Labute approximate surface area is 219 Å². The van der Waals surface area contributed by atoms with E-state index >= 15 is 0 Å². The summed E-state index contributed by atoms with van der Waals surface area (Å²) in [5, 5.41) is 1.17. The molecule has 0 aliphatic rings. The summed E-state index contributed by atoms with van der Waals surface area (Å²) >= 11 is 0. The lowest BCUT2D eigenvalue weighted by molar-refractivity contribution is -0.140. The average molecular weight is 505 g/mol. The molecule has 1 aromatic heterocycles. The zero-order valence-electron chi connectivity index (χ0n) is 23.2. The van der Waals surface area contributed by atoms with Crippen molar-refractivity contribution in [3.8, 4) is 5.75 Å². The maximum Gasteiger partial charge on any atom is 0.305 e. The molecule has 5 heteroatoms. The third kappa shape index (κ3) is 7.42. The minimum absolute atomic E-state index is 0.00757. The smallest absolute Gasteiger partial charge is 0.305 e. The number of nitrogens with zero attached hydrogens (tertiary/aromatic N) is 1. The Morgan fingerprint density at radius 1 is 0.917 bits per heavy atom. The van der Waals surface area contributed by atoms with E-state index in [1.165, 1.54) is 40.4 Å². The van der Waals surface area contributed by atoms with Crippen LogP contribution in [0.2, 0.25) is 13.1 Å². The molecule has 0 amide bonds. The maximum absolute atomic E-state index is 11.2. The molecule has 4 nitrogen and oxygen atoms in total. The zero-order chi connectivity index (χ0) is 26.3. The van der Waals surface area contributed by atoms with Gasteiger partial charge in [-0.3, -0.25) is 9.78 Å². The van der Waals surface area contributed by atoms with Gasteiger partial charge in [-0.05, 0) is 91.9 Å². The minimum atomic E-state index is -0.871. The molecule has 0 aliphatic carbocycles. The van der Waals surface area contributed by atoms with Gasteiger partial charge in [0, 0.05) is 17.5 Å². The number of pyridine rings is 1. The Bertz CT molecular complexity index is 1160. The molecule has 0 fully saturated rings. The molecular weight excluding hydrogens is 462 g/mol. The fraction of sp³-hybridized carbons (Fsp3) is 0.484. The number of esters is 1. The zero-order valence-corrected chi connectivity index (χ0v) is 24.2. The van der Waals surface area contributed by atoms with Gasteiger partial charge in [0.2, 0.25) is 0 Å².